The van der Waals surface area contributed by atoms with Gasteiger partial charge in [-0.25, -0.2) is 0 Å². The Kier molecular flexibility index (Phi) is 7.56. The highest BCUT2D eigenvalue weighted by atomic mass is 15.3. The van der Waals surface area contributed by atoms with Crippen LogP contribution in [-0.4, -0.2) is 53.9 Å². The number of aryl methyl sites for hydroxylation is 1. The van der Waals surface area contributed by atoms with Crippen LogP contribution < -0.4 is 10.6 Å². The third-order valence-corrected chi connectivity index (χ3v) is 4.72. The monoisotopic (exact) mass is 334 g/mol. The van der Waals surface area contributed by atoms with E-state index in [2.05, 4.69) is 39.5 Å². The van der Waals surface area contributed by atoms with Crippen LogP contribution in [0.5, 0.6) is 0 Å². The number of unbranched alkanes of at least 4 members (excludes halogenated alkanes) is 1. The van der Waals surface area contributed by atoms with Crippen molar-refractivity contribution in [2.45, 2.75) is 39.7 Å². The Labute approximate surface area is 146 Å². The maximum absolute atomic E-state index is 4.28. The molecule has 2 unspecified atom stereocenters. The molecule has 24 heavy (non-hydrogen) atoms. The van der Waals surface area contributed by atoms with Gasteiger partial charge in [-0.1, -0.05) is 13.8 Å². The number of likely N-dealkylation sites (tertiary alicyclic amines) is 1. The normalized spacial score (nSPS) is 22.6. The lowest BCUT2D eigenvalue weighted by atomic mass is 9.92. The Hall–Kier alpha value is -1.56. The smallest absolute Gasteiger partial charge is 0.191 e. The van der Waals surface area contributed by atoms with Crippen molar-refractivity contribution in [3.05, 3.63) is 18.0 Å². The number of rotatable bonds is 7. The summed E-state index contributed by atoms with van der Waals surface area (Å²) >= 11 is 0. The van der Waals surface area contributed by atoms with E-state index in [4.69, 9.17) is 0 Å². The summed E-state index contributed by atoms with van der Waals surface area (Å²) < 4.78 is 1.88. The molecule has 0 aliphatic carbocycles. The van der Waals surface area contributed by atoms with Crippen molar-refractivity contribution in [3.63, 3.8) is 0 Å². The summed E-state index contributed by atoms with van der Waals surface area (Å²) in [5, 5.41) is 10.9. The van der Waals surface area contributed by atoms with E-state index < -0.39 is 0 Å². The Morgan fingerprint density at radius 3 is 2.62 bits per heavy atom. The van der Waals surface area contributed by atoms with Gasteiger partial charge in [0.2, 0.25) is 0 Å². The fraction of sp³-hybridized carbons (Fsp3) is 0.778. The molecular formula is C18H34N6. The van der Waals surface area contributed by atoms with Gasteiger partial charge in [0.05, 0.1) is 12.2 Å². The molecule has 1 aromatic heterocycles. The van der Waals surface area contributed by atoms with Crippen molar-refractivity contribution < 1.29 is 0 Å². The number of hydrogen-bond acceptors (Lipinski definition) is 3. The average Bonchev–Trinajstić information content (AvgIpc) is 2.94. The summed E-state index contributed by atoms with van der Waals surface area (Å²) in [4.78, 5) is 6.91. The number of piperidine rings is 1. The lowest BCUT2D eigenvalue weighted by Crippen LogP contribution is -2.40. The Morgan fingerprint density at radius 1 is 1.25 bits per heavy atom. The highest BCUT2D eigenvalue weighted by Crippen LogP contribution is 2.20. The average molecular weight is 335 g/mol. The molecule has 0 amide bonds. The van der Waals surface area contributed by atoms with Gasteiger partial charge >= 0.3 is 0 Å². The molecule has 0 aromatic carbocycles. The topological polar surface area (TPSA) is 57.5 Å². The van der Waals surface area contributed by atoms with Crippen LogP contribution in [0.1, 0.15) is 38.8 Å². The van der Waals surface area contributed by atoms with E-state index in [1.54, 1.807) is 0 Å². The van der Waals surface area contributed by atoms with Crippen molar-refractivity contribution in [1.82, 2.24) is 25.3 Å². The number of aliphatic imine (C=N–C) groups is 1. The van der Waals surface area contributed by atoms with E-state index in [9.17, 15) is 0 Å². The standard InChI is InChI=1S/C18H34N6/c1-15-11-16(2)14-24(13-15)10-6-5-8-20-18(19-3)21-12-17-7-9-22-23(17)4/h7,9,15-16H,5-6,8,10-14H2,1-4H3,(H2,19,20,21). The first-order valence-corrected chi connectivity index (χ1v) is 9.22. The van der Waals surface area contributed by atoms with E-state index in [0.717, 1.165) is 36.6 Å². The molecule has 2 N–H and O–H groups in total. The maximum atomic E-state index is 4.28. The van der Waals surface area contributed by atoms with Crippen LogP contribution in [0.25, 0.3) is 0 Å². The number of nitrogens with zero attached hydrogens (tertiary/aromatic N) is 4. The minimum Gasteiger partial charge on any atom is -0.356 e. The van der Waals surface area contributed by atoms with Crippen LogP contribution in [0.4, 0.5) is 0 Å². The summed E-state index contributed by atoms with van der Waals surface area (Å²) in [7, 11) is 3.77. The largest absolute Gasteiger partial charge is 0.356 e. The molecule has 2 rings (SSSR count). The molecule has 0 spiro atoms. The fourth-order valence-electron chi connectivity index (χ4n) is 3.61. The van der Waals surface area contributed by atoms with Gasteiger partial charge in [0.1, 0.15) is 0 Å². The first-order chi connectivity index (χ1) is 11.6. The van der Waals surface area contributed by atoms with Crippen molar-refractivity contribution in [2.75, 3.05) is 33.2 Å². The van der Waals surface area contributed by atoms with E-state index in [1.165, 1.54) is 38.9 Å². The Bertz CT molecular complexity index is 499. The molecule has 0 saturated carbocycles. The maximum Gasteiger partial charge on any atom is 0.191 e. The quantitative estimate of drug-likeness (QED) is 0.454. The highest BCUT2D eigenvalue weighted by molar-refractivity contribution is 5.79. The molecular weight excluding hydrogens is 300 g/mol. The molecule has 1 aliphatic heterocycles. The minimum atomic E-state index is 0.736. The third-order valence-electron chi connectivity index (χ3n) is 4.72. The Balaban J connectivity index is 1.58. The summed E-state index contributed by atoms with van der Waals surface area (Å²) in [6.07, 6.45) is 5.61. The number of nitrogens with one attached hydrogen (secondary N) is 2. The molecule has 2 atom stereocenters. The molecule has 2 heterocycles. The second-order valence-electron chi connectivity index (χ2n) is 7.21. The SMILES string of the molecule is CN=C(NCCCCN1CC(C)CC(C)C1)NCc1ccnn1C. The summed E-state index contributed by atoms with van der Waals surface area (Å²) in [6.45, 7) is 10.2. The van der Waals surface area contributed by atoms with E-state index in [1.807, 2.05) is 31.0 Å². The number of guanidine groups is 1. The molecule has 6 nitrogen and oxygen atoms in total. The zero-order chi connectivity index (χ0) is 17.4. The van der Waals surface area contributed by atoms with Gasteiger partial charge in [-0.15, -0.1) is 0 Å². The van der Waals surface area contributed by atoms with Crippen LogP contribution in [0.15, 0.2) is 17.3 Å². The number of aromatic nitrogens is 2. The summed E-state index contributed by atoms with van der Waals surface area (Å²) in [6, 6.07) is 2.01. The first kappa shape index (κ1) is 18.8. The van der Waals surface area contributed by atoms with Gasteiger partial charge in [-0.3, -0.25) is 9.67 Å². The van der Waals surface area contributed by atoms with Gasteiger partial charge in [0, 0.05) is 39.9 Å². The van der Waals surface area contributed by atoms with Gasteiger partial charge in [-0.2, -0.15) is 5.10 Å². The highest BCUT2D eigenvalue weighted by Gasteiger charge is 2.20. The molecule has 0 radical (unpaired) electrons. The van der Waals surface area contributed by atoms with Crippen LogP contribution in [-0.2, 0) is 13.6 Å². The molecule has 1 aromatic rings. The third kappa shape index (κ3) is 6.15. The summed E-state index contributed by atoms with van der Waals surface area (Å²) in [5.41, 5.74) is 1.14. The van der Waals surface area contributed by atoms with Gasteiger partial charge in [0.25, 0.3) is 0 Å². The van der Waals surface area contributed by atoms with Crippen molar-refractivity contribution in [3.8, 4) is 0 Å². The van der Waals surface area contributed by atoms with Crippen LogP contribution in [0, 0.1) is 11.8 Å². The van der Waals surface area contributed by atoms with E-state index in [0.29, 0.717) is 0 Å². The van der Waals surface area contributed by atoms with E-state index >= 15 is 0 Å². The van der Waals surface area contributed by atoms with E-state index in [-0.39, 0.29) is 0 Å². The predicted molar refractivity (Wildman–Crippen MR) is 100 cm³/mol. The van der Waals surface area contributed by atoms with Gasteiger partial charge in [-0.05, 0) is 43.7 Å². The lowest BCUT2D eigenvalue weighted by Gasteiger charge is -2.34. The minimum absolute atomic E-state index is 0.736. The molecule has 0 bridgehead atoms. The molecule has 1 aliphatic rings. The van der Waals surface area contributed by atoms with Crippen molar-refractivity contribution >= 4 is 5.96 Å². The second-order valence-corrected chi connectivity index (χ2v) is 7.21. The molecule has 1 saturated heterocycles. The van der Waals surface area contributed by atoms with Crippen molar-refractivity contribution in [2.24, 2.45) is 23.9 Å². The molecule has 6 heteroatoms. The van der Waals surface area contributed by atoms with Gasteiger partial charge in [0.15, 0.2) is 5.96 Å². The van der Waals surface area contributed by atoms with Crippen molar-refractivity contribution in [1.29, 1.82) is 0 Å². The van der Waals surface area contributed by atoms with Crippen LogP contribution in [0.2, 0.25) is 0 Å². The molecule has 1 fully saturated rings. The van der Waals surface area contributed by atoms with Gasteiger partial charge < -0.3 is 15.5 Å². The second kappa shape index (κ2) is 9.67. The number of hydrogen-bond donors (Lipinski definition) is 2. The zero-order valence-corrected chi connectivity index (χ0v) is 15.8. The Morgan fingerprint density at radius 2 is 2.00 bits per heavy atom. The predicted octanol–water partition coefficient (Wildman–Crippen LogP) is 1.84. The fourth-order valence-corrected chi connectivity index (χ4v) is 3.61. The van der Waals surface area contributed by atoms with Crippen LogP contribution in [0.3, 0.4) is 0 Å². The first-order valence-electron chi connectivity index (χ1n) is 9.22. The van der Waals surface area contributed by atoms with Crippen LogP contribution >= 0.6 is 0 Å². The zero-order valence-electron chi connectivity index (χ0n) is 15.8. The summed E-state index contributed by atoms with van der Waals surface area (Å²) in [5.74, 6) is 2.56. The molecule has 136 valence electrons. The lowest BCUT2D eigenvalue weighted by molar-refractivity contribution is 0.139.